The third kappa shape index (κ3) is 6.24. The minimum absolute atomic E-state index is 0.103. The van der Waals surface area contributed by atoms with Crippen LogP contribution in [0.25, 0.3) is 0 Å². The van der Waals surface area contributed by atoms with Gasteiger partial charge in [0.1, 0.15) is 18.0 Å². The van der Waals surface area contributed by atoms with Crippen molar-refractivity contribution >= 4 is 27.6 Å². The molecule has 12 heteroatoms. The van der Waals surface area contributed by atoms with E-state index in [1.54, 1.807) is 24.0 Å². The molecule has 0 atom stereocenters. The van der Waals surface area contributed by atoms with Gasteiger partial charge in [-0.05, 0) is 44.0 Å². The Morgan fingerprint density at radius 1 is 0.895 bits per heavy atom. The highest BCUT2D eigenvalue weighted by atomic mass is 32.2. The summed E-state index contributed by atoms with van der Waals surface area (Å²) >= 11 is 0. The fourth-order valence-corrected chi connectivity index (χ4v) is 5.68. The highest BCUT2D eigenvalue weighted by Crippen LogP contribution is 2.37. The van der Waals surface area contributed by atoms with Crippen molar-refractivity contribution in [1.82, 2.24) is 4.90 Å². The van der Waals surface area contributed by atoms with E-state index in [0.717, 1.165) is 4.31 Å². The molecule has 0 radical (unpaired) electrons. The topological polar surface area (TPSA) is 121 Å². The van der Waals surface area contributed by atoms with Crippen molar-refractivity contribution in [2.24, 2.45) is 5.92 Å². The van der Waals surface area contributed by atoms with Gasteiger partial charge in [-0.2, -0.15) is 0 Å². The summed E-state index contributed by atoms with van der Waals surface area (Å²) in [6.45, 7) is 2.16. The van der Waals surface area contributed by atoms with E-state index in [0.29, 0.717) is 44.0 Å². The molecule has 1 aliphatic rings. The largest absolute Gasteiger partial charge is 0.497 e. The summed E-state index contributed by atoms with van der Waals surface area (Å²) in [6.07, 6.45) is 0.880. The molecule has 1 aliphatic heterocycles. The number of likely N-dealkylation sites (tertiary alicyclic amines) is 1. The van der Waals surface area contributed by atoms with Crippen molar-refractivity contribution in [1.29, 1.82) is 0 Å². The van der Waals surface area contributed by atoms with Gasteiger partial charge >= 0.3 is 5.97 Å². The van der Waals surface area contributed by atoms with Crippen LogP contribution >= 0.6 is 0 Å². The van der Waals surface area contributed by atoms with Crippen molar-refractivity contribution in [3.63, 3.8) is 0 Å². The summed E-state index contributed by atoms with van der Waals surface area (Å²) in [5, 5.41) is 0. The lowest BCUT2D eigenvalue weighted by Crippen LogP contribution is -2.46. The van der Waals surface area contributed by atoms with Crippen LogP contribution < -0.4 is 23.3 Å². The van der Waals surface area contributed by atoms with Crippen molar-refractivity contribution in [2.75, 3.05) is 59.0 Å². The first-order chi connectivity index (χ1) is 18.2. The molecule has 11 nitrogen and oxygen atoms in total. The van der Waals surface area contributed by atoms with Crippen LogP contribution in [0.15, 0.2) is 41.3 Å². The number of piperidine rings is 1. The Kier molecular flexibility index (Phi) is 9.67. The average Bonchev–Trinajstić information content (AvgIpc) is 2.95. The third-order valence-electron chi connectivity index (χ3n) is 6.34. The minimum atomic E-state index is -4.29. The molecule has 1 saturated heterocycles. The van der Waals surface area contributed by atoms with E-state index in [9.17, 15) is 18.0 Å². The number of benzene rings is 2. The van der Waals surface area contributed by atoms with Gasteiger partial charge in [0.25, 0.3) is 10.0 Å². The van der Waals surface area contributed by atoms with Gasteiger partial charge in [0.15, 0.2) is 11.5 Å². The molecule has 0 N–H and O–H groups in total. The van der Waals surface area contributed by atoms with Crippen LogP contribution in [0.3, 0.4) is 0 Å². The van der Waals surface area contributed by atoms with Gasteiger partial charge in [-0.15, -0.1) is 0 Å². The molecule has 0 aliphatic carbocycles. The van der Waals surface area contributed by atoms with Crippen LogP contribution in [0, 0.1) is 5.92 Å². The first kappa shape index (κ1) is 28.9. The Morgan fingerprint density at radius 2 is 1.53 bits per heavy atom. The van der Waals surface area contributed by atoms with Crippen molar-refractivity contribution in [3.05, 3.63) is 36.4 Å². The fraction of sp³-hybridized carbons (Fsp3) is 0.462. The number of hydrogen-bond acceptors (Lipinski definition) is 9. The van der Waals surface area contributed by atoms with Gasteiger partial charge in [0, 0.05) is 25.2 Å². The number of amides is 1. The van der Waals surface area contributed by atoms with Crippen LogP contribution in [-0.4, -0.2) is 79.9 Å². The van der Waals surface area contributed by atoms with Crippen molar-refractivity contribution < 1.29 is 41.7 Å². The first-order valence-electron chi connectivity index (χ1n) is 12.1. The van der Waals surface area contributed by atoms with Crippen LogP contribution in [-0.2, 0) is 24.3 Å². The summed E-state index contributed by atoms with van der Waals surface area (Å²) in [5.74, 6) is 0.222. The SMILES string of the molecule is CCOC(=O)C1CCN(C(=O)CN(c2cc(OC)ccc2OC)S(=O)(=O)c2ccc(OC)c(OC)c2)CC1. The summed E-state index contributed by atoms with van der Waals surface area (Å²) in [7, 11) is 1.42. The fourth-order valence-electron chi connectivity index (χ4n) is 4.24. The molecule has 0 saturated carbocycles. The lowest BCUT2D eigenvalue weighted by Gasteiger charge is -2.33. The van der Waals surface area contributed by atoms with Gasteiger partial charge in [0.2, 0.25) is 5.91 Å². The van der Waals surface area contributed by atoms with Gasteiger partial charge in [-0.25, -0.2) is 8.42 Å². The van der Waals surface area contributed by atoms with E-state index in [4.69, 9.17) is 23.7 Å². The number of rotatable bonds is 11. The van der Waals surface area contributed by atoms with Gasteiger partial charge in [-0.3, -0.25) is 13.9 Å². The lowest BCUT2D eigenvalue weighted by atomic mass is 9.97. The standard InChI is InChI=1S/C26H34N2O9S/c1-6-37-26(30)18-11-13-27(14-12-18)25(29)17-28(21-15-19(33-2)7-9-22(21)34-3)38(31,32)20-8-10-23(35-4)24(16-20)36-5/h7-10,15-16,18H,6,11-14,17H2,1-5H3. The maximum atomic E-state index is 14.0. The first-order valence-corrected chi connectivity index (χ1v) is 13.5. The minimum Gasteiger partial charge on any atom is -0.497 e. The Bertz CT molecular complexity index is 1240. The predicted molar refractivity (Wildman–Crippen MR) is 140 cm³/mol. The van der Waals surface area contributed by atoms with Crippen LogP contribution in [0.5, 0.6) is 23.0 Å². The quantitative estimate of drug-likeness (QED) is 0.389. The zero-order valence-corrected chi connectivity index (χ0v) is 23.1. The maximum Gasteiger partial charge on any atom is 0.309 e. The molecule has 0 bridgehead atoms. The monoisotopic (exact) mass is 550 g/mol. The van der Waals surface area contributed by atoms with Crippen molar-refractivity contribution in [2.45, 2.75) is 24.7 Å². The van der Waals surface area contributed by atoms with E-state index in [2.05, 4.69) is 0 Å². The normalized spacial score (nSPS) is 14.0. The molecular weight excluding hydrogens is 516 g/mol. The number of ether oxygens (including phenoxy) is 5. The predicted octanol–water partition coefficient (Wildman–Crippen LogP) is 2.72. The number of esters is 1. The smallest absolute Gasteiger partial charge is 0.309 e. The number of sulfonamides is 1. The second-order valence-corrected chi connectivity index (χ2v) is 10.3. The highest BCUT2D eigenvalue weighted by molar-refractivity contribution is 7.92. The van der Waals surface area contributed by atoms with Gasteiger partial charge in [-0.1, -0.05) is 0 Å². The maximum absolute atomic E-state index is 14.0. The van der Waals surface area contributed by atoms with E-state index < -0.39 is 22.5 Å². The Hall–Kier alpha value is -3.67. The molecule has 2 aromatic carbocycles. The summed E-state index contributed by atoms with van der Waals surface area (Å²) < 4.78 is 55.4. The van der Waals surface area contributed by atoms with E-state index in [-0.39, 0.29) is 34.0 Å². The Balaban J connectivity index is 1.98. The average molecular weight is 551 g/mol. The molecule has 2 aromatic rings. The number of anilines is 1. The summed E-state index contributed by atoms with van der Waals surface area (Å²) in [4.78, 5) is 27.0. The van der Waals surface area contributed by atoms with Gasteiger partial charge in [0.05, 0.1) is 51.5 Å². The zero-order chi connectivity index (χ0) is 27.9. The lowest BCUT2D eigenvalue weighted by molar-refractivity contribution is -0.151. The number of carbonyl (C=O) groups is 2. The van der Waals surface area contributed by atoms with Crippen LogP contribution in [0.2, 0.25) is 0 Å². The molecule has 1 heterocycles. The highest BCUT2D eigenvalue weighted by Gasteiger charge is 2.34. The Labute approximate surface area is 223 Å². The number of nitrogens with zero attached hydrogens (tertiary/aromatic N) is 2. The molecule has 0 aromatic heterocycles. The second-order valence-electron chi connectivity index (χ2n) is 8.47. The molecule has 0 spiro atoms. The summed E-state index contributed by atoms with van der Waals surface area (Å²) in [5.41, 5.74) is 0.136. The molecule has 3 rings (SSSR count). The second kappa shape index (κ2) is 12.7. The van der Waals surface area contributed by atoms with E-state index in [1.807, 2.05) is 0 Å². The van der Waals surface area contributed by atoms with Gasteiger partial charge < -0.3 is 28.6 Å². The van der Waals surface area contributed by atoms with E-state index >= 15 is 0 Å². The summed E-state index contributed by atoms with van der Waals surface area (Å²) in [6, 6.07) is 8.90. The molecule has 0 unspecified atom stereocenters. The molecule has 1 amide bonds. The number of hydrogen-bond donors (Lipinski definition) is 0. The molecule has 208 valence electrons. The molecule has 38 heavy (non-hydrogen) atoms. The Morgan fingerprint density at radius 3 is 2.11 bits per heavy atom. The van der Waals surface area contributed by atoms with Crippen LogP contribution in [0.4, 0.5) is 5.69 Å². The molecule has 1 fully saturated rings. The zero-order valence-electron chi connectivity index (χ0n) is 22.3. The third-order valence-corrected chi connectivity index (χ3v) is 8.10. The van der Waals surface area contributed by atoms with Crippen LogP contribution in [0.1, 0.15) is 19.8 Å². The molecular formula is C26H34N2O9S. The van der Waals surface area contributed by atoms with Crippen molar-refractivity contribution in [3.8, 4) is 23.0 Å². The van der Waals surface area contributed by atoms with E-state index in [1.165, 1.54) is 52.7 Å². The number of methoxy groups -OCH3 is 4. The number of carbonyl (C=O) groups excluding carboxylic acids is 2.